The molecule has 2 amide bonds. The van der Waals surface area contributed by atoms with E-state index in [1.807, 2.05) is 23.1 Å². The highest BCUT2D eigenvalue weighted by atomic mass is 16.2. The molecule has 126 valence electrons. The molecule has 6 nitrogen and oxygen atoms in total. The lowest BCUT2D eigenvalue weighted by molar-refractivity contribution is -0.115. The molecule has 1 aliphatic rings. The van der Waals surface area contributed by atoms with Crippen molar-refractivity contribution in [2.45, 2.75) is 39.3 Å². The highest BCUT2D eigenvalue weighted by Gasteiger charge is 2.32. The third-order valence-electron chi connectivity index (χ3n) is 4.12. The van der Waals surface area contributed by atoms with Gasteiger partial charge < -0.3 is 21.3 Å². The van der Waals surface area contributed by atoms with Crippen LogP contribution in [0.25, 0.3) is 0 Å². The van der Waals surface area contributed by atoms with Gasteiger partial charge in [-0.15, -0.1) is 0 Å². The summed E-state index contributed by atoms with van der Waals surface area (Å²) >= 11 is 0. The van der Waals surface area contributed by atoms with Crippen LogP contribution in [0.5, 0.6) is 0 Å². The van der Waals surface area contributed by atoms with E-state index in [1.54, 1.807) is 0 Å². The molecule has 0 saturated heterocycles. The second-order valence-electron chi connectivity index (χ2n) is 5.92. The number of fused-ring (bicyclic) bond motifs is 1. The van der Waals surface area contributed by atoms with Gasteiger partial charge in [-0.1, -0.05) is 19.4 Å². The molecule has 1 atom stereocenters. The first-order valence-electron chi connectivity index (χ1n) is 8.22. The minimum Gasteiger partial charge on any atom is -0.331 e. The van der Waals surface area contributed by atoms with Gasteiger partial charge in [-0.3, -0.25) is 9.59 Å². The Bertz CT molecular complexity index is 574. The zero-order chi connectivity index (χ0) is 16.8. The Morgan fingerprint density at radius 2 is 2.22 bits per heavy atom. The number of amides is 2. The normalized spacial score (nSPS) is 14.7. The number of hydrogen-bond donors (Lipinski definition) is 3. The van der Waals surface area contributed by atoms with Crippen LogP contribution in [0.1, 0.15) is 42.6 Å². The average Bonchev–Trinajstić information content (AvgIpc) is 2.86. The van der Waals surface area contributed by atoms with E-state index in [9.17, 15) is 9.59 Å². The van der Waals surface area contributed by atoms with Crippen molar-refractivity contribution in [3.63, 3.8) is 0 Å². The largest absolute Gasteiger partial charge is 0.331 e. The van der Waals surface area contributed by atoms with Crippen LogP contribution in [0.15, 0.2) is 18.2 Å². The molecule has 0 radical (unpaired) electrons. The Labute approximate surface area is 137 Å². The van der Waals surface area contributed by atoms with Crippen LogP contribution >= 0.6 is 0 Å². The lowest BCUT2D eigenvalue weighted by Gasteiger charge is -2.23. The summed E-state index contributed by atoms with van der Waals surface area (Å²) in [6.07, 6.45) is 2.02. The predicted octanol–water partition coefficient (Wildman–Crippen LogP) is 1.32. The van der Waals surface area contributed by atoms with Crippen LogP contribution in [-0.4, -0.2) is 42.4 Å². The first-order chi connectivity index (χ1) is 11.1. The van der Waals surface area contributed by atoms with Crippen molar-refractivity contribution < 1.29 is 9.59 Å². The molecule has 0 bridgehead atoms. The maximum Gasteiger partial charge on any atom is 0.254 e. The Balaban J connectivity index is 2.09. The van der Waals surface area contributed by atoms with Gasteiger partial charge >= 0.3 is 0 Å². The van der Waals surface area contributed by atoms with Crippen molar-refractivity contribution >= 4 is 17.5 Å². The van der Waals surface area contributed by atoms with E-state index in [0.29, 0.717) is 25.2 Å². The van der Waals surface area contributed by atoms with E-state index in [1.165, 1.54) is 0 Å². The summed E-state index contributed by atoms with van der Waals surface area (Å²) in [6.45, 7) is 6.05. The van der Waals surface area contributed by atoms with Crippen LogP contribution in [0, 0.1) is 0 Å². The van der Waals surface area contributed by atoms with Gasteiger partial charge in [0.2, 0.25) is 5.91 Å². The second kappa shape index (κ2) is 8.08. The first-order valence-corrected chi connectivity index (χ1v) is 8.22. The first kappa shape index (κ1) is 17.4. The quantitative estimate of drug-likeness (QED) is 0.631. The van der Waals surface area contributed by atoms with Gasteiger partial charge in [0.1, 0.15) is 0 Å². The van der Waals surface area contributed by atoms with Crippen LogP contribution in [-0.2, 0) is 11.3 Å². The van der Waals surface area contributed by atoms with Crippen molar-refractivity contribution in [2.75, 3.05) is 25.0 Å². The zero-order valence-corrected chi connectivity index (χ0v) is 13.9. The Hall–Kier alpha value is -1.92. The highest BCUT2D eigenvalue weighted by molar-refractivity contribution is 6.02. The number of rotatable bonds is 8. The minimum atomic E-state index is -0.126. The van der Waals surface area contributed by atoms with Gasteiger partial charge in [-0.2, -0.15) is 0 Å². The van der Waals surface area contributed by atoms with Gasteiger partial charge in [0.15, 0.2) is 0 Å². The fourth-order valence-corrected chi connectivity index (χ4v) is 2.90. The summed E-state index contributed by atoms with van der Waals surface area (Å²) in [5.41, 5.74) is 7.72. The molecule has 0 fully saturated rings. The van der Waals surface area contributed by atoms with Crippen LogP contribution < -0.4 is 16.4 Å². The molecule has 0 aliphatic carbocycles. The molecular formula is C17H26N4O2. The third kappa shape index (κ3) is 4.09. The molecule has 1 unspecified atom stereocenters. The van der Waals surface area contributed by atoms with Gasteiger partial charge in [0.25, 0.3) is 5.91 Å². The van der Waals surface area contributed by atoms with Crippen molar-refractivity contribution in [2.24, 2.45) is 5.73 Å². The molecule has 6 heteroatoms. The van der Waals surface area contributed by atoms with Gasteiger partial charge in [-0.05, 0) is 25.5 Å². The predicted molar refractivity (Wildman–Crippen MR) is 91.2 cm³/mol. The van der Waals surface area contributed by atoms with Crippen LogP contribution in [0.2, 0.25) is 0 Å². The zero-order valence-electron chi connectivity index (χ0n) is 13.9. The number of benzene rings is 1. The van der Waals surface area contributed by atoms with E-state index in [4.69, 9.17) is 5.73 Å². The number of anilines is 1. The number of nitrogens with one attached hydrogen (secondary N) is 2. The number of carbonyl (C=O) groups is 2. The molecule has 4 N–H and O–H groups in total. The topological polar surface area (TPSA) is 87.5 Å². The SMILES string of the molecule is CCCC(C)N1Cc2c(NC(=O)CNCCN)cccc2C1=O. The lowest BCUT2D eigenvalue weighted by Crippen LogP contribution is -2.33. The van der Waals surface area contributed by atoms with Gasteiger partial charge in [0, 0.05) is 42.5 Å². The molecule has 1 heterocycles. The monoisotopic (exact) mass is 318 g/mol. The molecule has 1 aromatic rings. The van der Waals surface area contributed by atoms with Crippen molar-refractivity contribution in [3.8, 4) is 0 Å². The van der Waals surface area contributed by atoms with Gasteiger partial charge in [0.05, 0.1) is 6.54 Å². The molecule has 0 spiro atoms. The maximum absolute atomic E-state index is 12.5. The molecular weight excluding hydrogens is 292 g/mol. The van der Waals surface area contributed by atoms with Crippen LogP contribution in [0.3, 0.4) is 0 Å². The summed E-state index contributed by atoms with van der Waals surface area (Å²) in [6, 6.07) is 5.70. The summed E-state index contributed by atoms with van der Waals surface area (Å²) in [5.74, 6) is -0.0716. The van der Waals surface area contributed by atoms with Gasteiger partial charge in [-0.25, -0.2) is 0 Å². The summed E-state index contributed by atoms with van der Waals surface area (Å²) < 4.78 is 0. The fraction of sp³-hybridized carbons (Fsp3) is 0.529. The molecule has 0 aromatic heterocycles. The van der Waals surface area contributed by atoms with E-state index < -0.39 is 0 Å². The van der Waals surface area contributed by atoms with E-state index in [-0.39, 0.29) is 24.4 Å². The maximum atomic E-state index is 12.5. The summed E-state index contributed by atoms with van der Waals surface area (Å²) in [4.78, 5) is 26.4. The Morgan fingerprint density at radius 3 is 2.91 bits per heavy atom. The summed E-state index contributed by atoms with van der Waals surface area (Å²) in [5, 5.41) is 5.85. The fourth-order valence-electron chi connectivity index (χ4n) is 2.90. The minimum absolute atomic E-state index is 0.0540. The van der Waals surface area contributed by atoms with E-state index in [2.05, 4.69) is 24.5 Å². The standard InChI is InChI=1S/C17H26N4O2/c1-3-5-12(2)21-11-14-13(17(21)23)6-4-7-15(14)20-16(22)10-19-9-8-18/h4,6-7,12,19H,3,5,8-11,18H2,1-2H3,(H,20,22). The molecule has 23 heavy (non-hydrogen) atoms. The third-order valence-corrected chi connectivity index (χ3v) is 4.12. The lowest BCUT2D eigenvalue weighted by atomic mass is 10.1. The summed E-state index contributed by atoms with van der Waals surface area (Å²) in [7, 11) is 0. The van der Waals surface area contributed by atoms with Crippen LogP contribution in [0.4, 0.5) is 5.69 Å². The molecule has 1 aliphatic heterocycles. The Kier molecular flexibility index (Phi) is 6.12. The highest BCUT2D eigenvalue weighted by Crippen LogP contribution is 2.31. The number of nitrogens with two attached hydrogens (primary N) is 1. The van der Waals surface area contributed by atoms with E-state index >= 15 is 0 Å². The number of hydrogen-bond acceptors (Lipinski definition) is 4. The number of nitrogens with zero attached hydrogens (tertiary/aromatic N) is 1. The van der Waals surface area contributed by atoms with Crippen molar-refractivity contribution in [1.29, 1.82) is 0 Å². The van der Waals surface area contributed by atoms with Crippen molar-refractivity contribution in [3.05, 3.63) is 29.3 Å². The molecule has 1 aromatic carbocycles. The number of carbonyl (C=O) groups excluding carboxylic acids is 2. The molecule has 2 rings (SSSR count). The van der Waals surface area contributed by atoms with Crippen molar-refractivity contribution in [1.82, 2.24) is 10.2 Å². The van der Waals surface area contributed by atoms with E-state index in [0.717, 1.165) is 24.1 Å². The average molecular weight is 318 g/mol. The second-order valence-corrected chi connectivity index (χ2v) is 5.92. The Morgan fingerprint density at radius 1 is 1.43 bits per heavy atom. The smallest absolute Gasteiger partial charge is 0.254 e. The molecule has 0 saturated carbocycles.